The van der Waals surface area contributed by atoms with E-state index in [0.717, 1.165) is 43.9 Å². The van der Waals surface area contributed by atoms with Crippen molar-refractivity contribution in [3.8, 4) is 11.4 Å². The van der Waals surface area contributed by atoms with Crippen molar-refractivity contribution in [3.05, 3.63) is 58.1 Å². The van der Waals surface area contributed by atoms with Gasteiger partial charge in [-0.25, -0.2) is 0 Å². The van der Waals surface area contributed by atoms with E-state index in [1.54, 1.807) is 18.4 Å². The number of nitrogens with zero attached hydrogens (tertiary/aromatic N) is 4. The smallest absolute Gasteiger partial charge is 0.252 e. The van der Waals surface area contributed by atoms with Crippen molar-refractivity contribution >= 4 is 17.2 Å². The monoisotopic (exact) mass is 412 g/mol. The highest BCUT2D eigenvalue weighted by atomic mass is 32.1. The predicted molar refractivity (Wildman–Crippen MR) is 110 cm³/mol. The minimum atomic E-state index is 0.217. The van der Waals surface area contributed by atoms with Crippen LogP contribution in [0.2, 0.25) is 0 Å². The van der Waals surface area contributed by atoms with Gasteiger partial charge in [-0.1, -0.05) is 23.4 Å². The predicted octanol–water partition coefficient (Wildman–Crippen LogP) is 2.83. The molecule has 2 aromatic heterocycles. The fourth-order valence-electron chi connectivity index (χ4n) is 3.46. The zero-order chi connectivity index (χ0) is 20.1. The number of carbonyl (C=O) groups is 1. The molecule has 0 atom stereocenters. The summed E-state index contributed by atoms with van der Waals surface area (Å²) < 4.78 is 10.2. The highest BCUT2D eigenvalue weighted by Crippen LogP contribution is 2.19. The lowest BCUT2D eigenvalue weighted by Crippen LogP contribution is -2.48. The maximum atomic E-state index is 12.5. The van der Waals surface area contributed by atoms with E-state index in [1.807, 2.05) is 33.9 Å². The van der Waals surface area contributed by atoms with Crippen molar-refractivity contribution in [3.63, 3.8) is 0 Å². The second-order valence-corrected chi connectivity index (χ2v) is 7.89. The van der Waals surface area contributed by atoms with E-state index in [4.69, 9.17) is 9.26 Å². The summed E-state index contributed by atoms with van der Waals surface area (Å²) in [5.74, 6) is 1.26. The molecular weight excluding hydrogens is 388 g/mol. The molecule has 29 heavy (non-hydrogen) atoms. The molecule has 1 saturated heterocycles. The maximum Gasteiger partial charge on any atom is 0.252 e. The van der Waals surface area contributed by atoms with Crippen LogP contribution < -0.4 is 0 Å². The van der Waals surface area contributed by atoms with Crippen LogP contribution in [0, 0.1) is 0 Å². The molecule has 0 bridgehead atoms. The molecule has 0 saturated carbocycles. The maximum absolute atomic E-state index is 12.5. The van der Waals surface area contributed by atoms with E-state index in [2.05, 4.69) is 27.2 Å². The number of thiophene rings is 1. The van der Waals surface area contributed by atoms with Crippen molar-refractivity contribution in [1.29, 1.82) is 0 Å². The number of aromatic nitrogens is 2. The van der Waals surface area contributed by atoms with Crippen LogP contribution in [0.5, 0.6) is 0 Å². The summed E-state index contributed by atoms with van der Waals surface area (Å²) in [5.41, 5.74) is 3.23. The van der Waals surface area contributed by atoms with Gasteiger partial charge in [0, 0.05) is 45.4 Å². The summed E-state index contributed by atoms with van der Waals surface area (Å²) in [6.07, 6.45) is 0.501. The number of rotatable bonds is 7. The summed E-state index contributed by atoms with van der Waals surface area (Å²) in [5, 5.41) is 8.09. The molecule has 0 aliphatic carbocycles. The summed E-state index contributed by atoms with van der Waals surface area (Å²) >= 11 is 1.63. The highest BCUT2D eigenvalue weighted by Gasteiger charge is 2.21. The molecule has 1 fully saturated rings. The lowest BCUT2D eigenvalue weighted by molar-refractivity contribution is -0.132. The van der Waals surface area contributed by atoms with Crippen LogP contribution in [-0.2, 0) is 29.1 Å². The molecule has 3 heterocycles. The van der Waals surface area contributed by atoms with Crippen LogP contribution in [0.25, 0.3) is 11.4 Å². The second kappa shape index (κ2) is 9.30. The van der Waals surface area contributed by atoms with E-state index < -0.39 is 0 Å². The number of benzene rings is 1. The molecular formula is C21H24N4O3S. The van der Waals surface area contributed by atoms with Crippen molar-refractivity contribution in [2.75, 3.05) is 33.3 Å². The first-order valence-corrected chi connectivity index (χ1v) is 10.6. The molecule has 0 N–H and O–H groups in total. The zero-order valence-corrected chi connectivity index (χ0v) is 17.2. The Balaban J connectivity index is 1.31. The van der Waals surface area contributed by atoms with Crippen molar-refractivity contribution < 1.29 is 14.1 Å². The Morgan fingerprint density at radius 2 is 2.07 bits per heavy atom. The number of piperazine rings is 1. The number of ether oxygens (including phenoxy) is 1. The molecule has 0 unspecified atom stereocenters. The quantitative estimate of drug-likeness (QED) is 0.594. The van der Waals surface area contributed by atoms with Crippen LogP contribution in [0.4, 0.5) is 0 Å². The highest BCUT2D eigenvalue weighted by molar-refractivity contribution is 7.08. The fourth-order valence-corrected chi connectivity index (χ4v) is 4.12. The average molecular weight is 413 g/mol. The first kappa shape index (κ1) is 19.8. The minimum Gasteiger partial charge on any atom is -0.375 e. The molecule has 8 heteroatoms. The Morgan fingerprint density at radius 1 is 1.21 bits per heavy atom. The van der Waals surface area contributed by atoms with Crippen LogP contribution in [0.1, 0.15) is 17.0 Å². The van der Waals surface area contributed by atoms with Gasteiger partial charge in [0.2, 0.25) is 11.7 Å². The van der Waals surface area contributed by atoms with Gasteiger partial charge < -0.3 is 14.2 Å². The van der Waals surface area contributed by atoms with Crippen molar-refractivity contribution in [2.24, 2.45) is 0 Å². The summed E-state index contributed by atoms with van der Waals surface area (Å²) in [7, 11) is 1.60. The van der Waals surface area contributed by atoms with Crippen LogP contribution in [0.15, 0.2) is 45.6 Å². The SMILES string of the molecule is COCc1nc(-c2cccc(CN3CCN(C(=O)Cc4ccsc4)CC3)c2)no1. The van der Waals surface area contributed by atoms with Crippen molar-refractivity contribution in [2.45, 2.75) is 19.6 Å². The first-order valence-electron chi connectivity index (χ1n) is 9.63. The van der Waals surface area contributed by atoms with Gasteiger partial charge >= 0.3 is 0 Å². The Morgan fingerprint density at radius 3 is 2.83 bits per heavy atom. The lowest BCUT2D eigenvalue weighted by Gasteiger charge is -2.34. The number of hydrogen-bond acceptors (Lipinski definition) is 7. The summed E-state index contributed by atoms with van der Waals surface area (Å²) in [6.45, 7) is 4.44. The molecule has 1 aliphatic rings. The Kier molecular flexibility index (Phi) is 6.33. The Bertz CT molecular complexity index is 933. The van der Waals surface area contributed by atoms with Crippen LogP contribution in [-0.4, -0.2) is 59.1 Å². The van der Waals surface area contributed by atoms with E-state index >= 15 is 0 Å². The molecule has 1 aliphatic heterocycles. The normalized spacial score (nSPS) is 15.0. The largest absolute Gasteiger partial charge is 0.375 e. The third-order valence-corrected chi connectivity index (χ3v) is 5.72. The van der Waals surface area contributed by atoms with Gasteiger partial charge in [-0.05, 0) is 34.0 Å². The van der Waals surface area contributed by atoms with Gasteiger partial charge in [0.05, 0.1) is 6.42 Å². The van der Waals surface area contributed by atoms with Crippen LogP contribution >= 0.6 is 11.3 Å². The second-order valence-electron chi connectivity index (χ2n) is 7.11. The van der Waals surface area contributed by atoms with Gasteiger partial charge in [0.15, 0.2) is 0 Å². The van der Waals surface area contributed by atoms with Gasteiger partial charge in [-0.15, -0.1) is 0 Å². The molecule has 152 valence electrons. The van der Waals surface area contributed by atoms with Crippen LogP contribution in [0.3, 0.4) is 0 Å². The Labute approximate surface area is 173 Å². The van der Waals surface area contributed by atoms with Gasteiger partial charge in [-0.3, -0.25) is 9.69 Å². The first-order chi connectivity index (χ1) is 14.2. The van der Waals surface area contributed by atoms with E-state index in [9.17, 15) is 4.79 Å². The Hall–Kier alpha value is -2.55. The van der Waals surface area contributed by atoms with Crippen molar-refractivity contribution in [1.82, 2.24) is 19.9 Å². The molecule has 0 radical (unpaired) electrons. The number of hydrogen-bond donors (Lipinski definition) is 0. The number of carbonyl (C=O) groups excluding carboxylic acids is 1. The molecule has 3 aromatic rings. The average Bonchev–Trinajstić information content (AvgIpc) is 3.41. The molecule has 0 spiro atoms. The third kappa shape index (κ3) is 5.09. The van der Waals surface area contributed by atoms with E-state index in [0.29, 0.717) is 24.7 Å². The summed E-state index contributed by atoms with van der Waals surface area (Å²) in [6, 6.07) is 10.2. The standard InChI is InChI=1S/C21H24N4O3S/c1-27-14-19-22-21(23-28-19)18-4-2-3-16(11-18)13-24-6-8-25(9-7-24)20(26)12-17-5-10-29-15-17/h2-5,10-11,15H,6-9,12-14H2,1H3. The third-order valence-electron chi connectivity index (χ3n) is 4.99. The minimum absolute atomic E-state index is 0.217. The molecule has 4 rings (SSSR count). The number of amides is 1. The fraction of sp³-hybridized carbons (Fsp3) is 0.381. The van der Waals surface area contributed by atoms with E-state index in [1.165, 1.54) is 5.56 Å². The van der Waals surface area contributed by atoms with E-state index in [-0.39, 0.29) is 5.91 Å². The topological polar surface area (TPSA) is 71.7 Å². The molecule has 1 aromatic carbocycles. The van der Waals surface area contributed by atoms with Gasteiger partial charge in [-0.2, -0.15) is 16.3 Å². The lowest BCUT2D eigenvalue weighted by atomic mass is 10.1. The molecule has 7 nitrogen and oxygen atoms in total. The zero-order valence-electron chi connectivity index (χ0n) is 16.4. The summed E-state index contributed by atoms with van der Waals surface area (Å²) in [4.78, 5) is 21.2. The van der Waals surface area contributed by atoms with Gasteiger partial charge in [0.1, 0.15) is 6.61 Å². The number of methoxy groups -OCH3 is 1. The van der Waals surface area contributed by atoms with Gasteiger partial charge in [0.25, 0.3) is 5.89 Å². The molecule has 1 amide bonds.